The molecule has 8 heteroatoms. The topological polar surface area (TPSA) is 65.1 Å². The van der Waals surface area contributed by atoms with E-state index >= 15 is 0 Å². The molecule has 38 heavy (non-hydrogen) atoms. The van der Waals surface area contributed by atoms with E-state index in [0.717, 1.165) is 43.0 Å². The van der Waals surface area contributed by atoms with Gasteiger partial charge < -0.3 is 14.2 Å². The van der Waals surface area contributed by atoms with E-state index in [9.17, 15) is 9.59 Å². The number of methoxy groups -OCH3 is 1. The largest absolute Gasteiger partial charge is 0.493 e. The van der Waals surface area contributed by atoms with Gasteiger partial charge in [0.2, 0.25) is 0 Å². The van der Waals surface area contributed by atoms with E-state index in [1.807, 2.05) is 78.9 Å². The maximum absolute atomic E-state index is 13.0. The molecule has 4 aromatic carbocycles. The lowest BCUT2D eigenvalue weighted by Gasteiger charge is -2.14. The molecule has 2 amide bonds. The number of hydrogen-bond donors (Lipinski definition) is 0. The number of benzene rings is 4. The van der Waals surface area contributed by atoms with Gasteiger partial charge in [0.1, 0.15) is 19.0 Å². The molecule has 0 saturated carbocycles. The summed E-state index contributed by atoms with van der Waals surface area (Å²) in [5.74, 6) is 1.58. The number of ether oxygens (including phenoxy) is 3. The number of hydrogen-bond acceptors (Lipinski definition) is 6. The molecule has 6 nitrogen and oxygen atoms in total. The summed E-state index contributed by atoms with van der Waals surface area (Å²) in [5, 5.41) is 1.75. The minimum absolute atomic E-state index is 0.165. The van der Waals surface area contributed by atoms with E-state index in [0.29, 0.717) is 23.0 Å². The summed E-state index contributed by atoms with van der Waals surface area (Å²) in [4.78, 5) is 27.3. The van der Waals surface area contributed by atoms with Crippen LogP contribution in [0.1, 0.15) is 11.1 Å². The predicted octanol–water partition coefficient (Wildman–Crippen LogP) is 7.15. The van der Waals surface area contributed by atoms with Gasteiger partial charge in [0.05, 0.1) is 22.1 Å². The molecule has 1 aliphatic rings. The van der Waals surface area contributed by atoms with Crippen molar-refractivity contribution >= 4 is 62.3 Å². The van der Waals surface area contributed by atoms with Crippen molar-refractivity contribution in [1.82, 2.24) is 4.90 Å². The Morgan fingerprint density at radius 2 is 1.66 bits per heavy atom. The monoisotopic (exact) mass is 637 g/mol. The van der Waals surface area contributed by atoms with Crippen molar-refractivity contribution in [2.45, 2.75) is 6.61 Å². The third kappa shape index (κ3) is 5.81. The van der Waals surface area contributed by atoms with Crippen molar-refractivity contribution in [3.63, 3.8) is 0 Å². The highest BCUT2D eigenvalue weighted by Gasteiger charge is 2.35. The third-order valence-electron chi connectivity index (χ3n) is 5.97. The smallest absolute Gasteiger partial charge is 0.293 e. The molecule has 0 bridgehead atoms. The molecule has 0 atom stereocenters. The normalized spacial score (nSPS) is 14.4. The number of carbonyl (C=O) groups is 2. The quantitative estimate of drug-likeness (QED) is 0.144. The Balaban J connectivity index is 1.26. The van der Waals surface area contributed by atoms with Crippen molar-refractivity contribution in [2.75, 3.05) is 20.3 Å². The van der Waals surface area contributed by atoms with Crippen LogP contribution in [0, 0.1) is 3.57 Å². The van der Waals surface area contributed by atoms with Crippen LogP contribution < -0.4 is 14.2 Å². The number of carbonyl (C=O) groups excluding carboxylic acids is 2. The molecule has 1 saturated heterocycles. The summed E-state index contributed by atoms with van der Waals surface area (Å²) in [6, 6.07) is 27.4. The molecular formula is C30H24INO5S. The Morgan fingerprint density at radius 1 is 0.895 bits per heavy atom. The highest BCUT2D eigenvalue weighted by atomic mass is 127. The Labute approximate surface area is 238 Å². The average molecular weight is 637 g/mol. The fourth-order valence-electron chi connectivity index (χ4n) is 4.11. The second kappa shape index (κ2) is 11.9. The lowest BCUT2D eigenvalue weighted by atomic mass is 10.1. The average Bonchev–Trinajstić information content (AvgIpc) is 3.20. The highest BCUT2D eigenvalue weighted by molar-refractivity contribution is 14.1. The van der Waals surface area contributed by atoms with E-state index in [4.69, 9.17) is 14.2 Å². The highest BCUT2D eigenvalue weighted by Crippen LogP contribution is 2.37. The van der Waals surface area contributed by atoms with Gasteiger partial charge in [-0.3, -0.25) is 14.5 Å². The van der Waals surface area contributed by atoms with Crippen LogP contribution in [0.5, 0.6) is 17.2 Å². The van der Waals surface area contributed by atoms with E-state index in [2.05, 4.69) is 22.6 Å². The minimum atomic E-state index is -0.333. The zero-order valence-electron chi connectivity index (χ0n) is 20.6. The third-order valence-corrected chi connectivity index (χ3v) is 7.68. The Bertz CT molecular complexity index is 1520. The zero-order chi connectivity index (χ0) is 26.5. The Kier molecular flexibility index (Phi) is 8.19. The lowest BCUT2D eigenvalue weighted by Crippen LogP contribution is -2.32. The second-order valence-electron chi connectivity index (χ2n) is 8.47. The van der Waals surface area contributed by atoms with Crippen molar-refractivity contribution in [1.29, 1.82) is 0 Å². The van der Waals surface area contributed by atoms with Gasteiger partial charge in [0.15, 0.2) is 11.5 Å². The first kappa shape index (κ1) is 26.1. The molecular weight excluding hydrogens is 613 g/mol. The summed E-state index contributed by atoms with van der Waals surface area (Å²) in [6.07, 6.45) is 1.71. The van der Waals surface area contributed by atoms with Gasteiger partial charge in [-0.2, -0.15) is 0 Å². The maximum atomic E-state index is 13.0. The van der Waals surface area contributed by atoms with Crippen molar-refractivity contribution < 1.29 is 23.8 Å². The molecule has 0 spiro atoms. The zero-order valence-corrected chi connectivity index (χ0v) is 23.5. The standard InChI is InChI=1S/C30H24INO5S/c1-35-26-17-21(16-24(31)28(26)37-19-20-8-3-2-4-9-20)18-27-29(33)32(30(34)38-27)14-15-36-25-13-7-11-22-10-5-6-12-23(22)25/h2-13,16-18H,14-15,19H2,1H3/b27-18-. The van der Waals surface area contributed by atoms with Crippen LogP contribution in [0.4, 0.5) is 4.79 Å². The van der Waals surface area contributed by atoms with Gasteiger partial charge in [0, 0.05) is 5.39 Å². The summed E-state index contributed by atoms with van der Waals surface area (Å²) in [5.41, 5.74) is 1.79. The first-order valence-electron chi connectivity index (χ1n) is 11.9. The molecule has 5 rings (SSSR count). The van der Waals surface area contributed by atoms with Gasteiger partial charge in [-0.15, -0.1) is 0 Å². The molecule has 4 aromatic rings. The van der Waals surface area contributed by atoms with Crippen LogP contribution in [-0.4, -0.2) is 36.3 Å². The van der Waals surface area contributed by atoms with Gasteiger partial charge >= 0.3 is 0 Å². The van der Waals surface area contributed by atoms with E-state index in [-0.39, 0.29) is 24.3 Å². The summed E-state index contributed by atoms with van der Waals surface area (Å²) < 4.78 is 18.4. The number of amides is 2. The number of imide groups is 1. The van der Waals surface area contributed by atoms with Crippen LogP contribution in [0.3, 0.4) is 0 Å². The molecule has 1 fully saturated rings. The SMILES string of the molecule is COc1cc(/C=C2\SC(=O)N(CCOc3cccc4ccccc34)C2=O)cc(I)c1OCc1ccccc1. The molecule has 0 unspecified atom stereocenters. The summed E-state index contributed by atoms with van der Waals surface area (Å²) in [6.45, 7) is 0.781. The van der Waals surface area contributed by atoms with Crippen molar-refractivity contribution in [3.05, 3.63) is 105 Å². The molecule has 0 radical (unpaired) electrons. The van der Waals surface area contributed by atoms with Crippen molar-refractivity contribution in [3.8, 4) is 17.2 Å². The molecule has 1 aliphatic heterocycles. The molecule has 0 N–H and O–H groups in total. The lowest BCUT2D eigenvalue weighted by molar-refractivity contribution is -0.123. The van der Waals surface area contributed by atoms with E-state index in [1.165, 1.54) is 4.90 Å². The predicted molar refractivity (Wildman–Crippen MR) is 159 cm³/mol. The first-order chi connectivity index (χ1) is 18.5. The van der Waals surface area contributed by atoms with Crippen LogP contribution in [0.2, 0.25) is 0 Å². The van der Waals surface area contributed by atoms with E-state index < -0.39 is 0 Å². The van der Waals surface area contributed by atoms with Crippen LogP contribution in [0.15, 0.2) is 89.8 Å². The second-order valence-corrected chi connectivity index (χ2v) is 10.6. The fraction of sp³-hybridized carbons (Fsp3) is 0.133. The van der Waals surface area contributed by atoms with Crippen LogP contribution in [-0.2, 0) is 11.4 Å². The Hall–Kier alpha value is -3.50. The summed E-state index contributed by atoms with van der Waals surface area (Å²) >= 11 is 3.11. The molecule has 0 aromatic heterocycles. The van der Waals surface area contributed by atoms with Crippen LogP contribution >= 0.6 is 34.4 Å². The summed E-state index contributed by atoms with van der Waals surface area (Å²) in [7, 11) is 1.58. The fourth-order valence-corrected chi connectivity index (χ4v) is 5.75. The number of fused-ring (bicyclic) bond motifs is 1. The molecule has 0 aliphatic carbocycles. The van der Waals surface area contributed by atoms with Crippen molar-refractivity contribution in [2.24, 2.45) is 0 Å². The first-order valence-corrected chi connectivity index (χ1v) is 13.8. The molecule has 1 heterocycles. The minimum Gasteiger partial charge on any atom is -0.493 e. The number of nitrogens with zero attached hydrogens (tertiary/aromatic N) is 1. The van der Waals surface area contributed by atoms with E-state index in [1.54, 1.807) is 19.3 Å². The van der Waals surface area contributed by atoms with Gasteiger partial charge in [0.25, 0.3) is 11.1 Å². The maximum Gasteiger partial charge on any atom is 0.293 e. The van der Waals surface area contributed by atoms with Gasteiger partial charge in [-0.05, 0) is 75.1 Å². The number of rotatable bonds is 9. The molecule has 192 valence electrons. The Morgan fingerprint density at radius 3 is 2.47 bits per heavy atom. The number of halogens is 1. The number of thioether (sulfide) groups is 1. The van der Waals surface area contributed by atoms with Crippen LogP contribution in [0.25, 0.3) is 16.8 Å². The van der Waals surface area contributed by atoms with Gasteiger partial charge in [-0.1, -0.05) is 66.7 Å². The van der Waals surface area contributed by atoms with Gasteiger partial charge in [-0.25, -0.2) is 0 Å².